The molecule has 0 aromatic rings. The van der Waals surface area contributed by atoms with Crippen LogP contribution in [0.4, 0.5) is 0 Å². The van der Waals surface area contributed by atoms with Crippen molar-refractivity contribution in [2.24, 2.45) is 0 Å². The molecule has 1 atom stereocenters. The third-order valence-electron chi connectivity index (χ3n) is 3.62. The van der Waals surface area contributed by atoms with Crippen molar-refractivity contribution in [3.63, 3.8) is 0 Å². The van der Waals surface area contributed by atoms with Gasteiger partial charge in [-0.2, -0.15) is 0 Å². The van der Waals surface area contributed by atoms with Crippen molar-refractivity contribution in [2.45, 2.75) is 76.8 Å². The maximum Gasteiger partial charge on any atom is 0.342 e. The standard InChI is InChI=1S/C13H27O5P/c1-3-4-5-6-7-8-9-10-11-13(2,12(14)15)19(16,17)18/h3-11H2,1-2H3,(H,14,15)(H2,16,17,18). The van der Waals surface area contributed by atoms with Gasteiger partial charge in [0, 0.05) is 0 Å². The van der Waals surface area contributed by atoms with Gasteiger partial charge in [0.1, 0.15) is 0 Å². The lowest BCUT2D eigenvalue weighted by Gasteiger charge is -2.25. The molecule has 0 rings (SSSR count). The van der Waals surface area contributed by atoms with Crippen molar-refractivity contribution in [2.75, 3.05) is 0 Å². The smallest absolute Gasteiger partial charge is 0.342 e. The Labute approximate surface area is 115 Å². The van der Waals surface area contributed by atoms with Gasteiger partial charge in [-0.1, -0.05) is 58.3 Å². The molecule has 0 aromatic carbocycles. The third-order valence-corrected chi connectivity index (χ3v) is 5.32. The number of rotatable bonds is 11. The first kappa shape index (κ1) is 18.6. The van der Waals surface area contributed by atoms with Gasteiger partial charge in [-0.05, 0) is 13.3 Å². The highest BCUT2D eigenvalue weighted by Gasteiger charge is 2.48. The second-order valence-electron chi connectivity index (χ2n) is 5.35. The summed E-state index contributed by atoms with van der Waals surface area (Å²) >= 11 is 0. The van der Waals surface area contributed by atoms with Crippen molar-refractivity contribution >= 4 is 13.6 Å². The number of hydrogen-bond donors (Lipinski definition) is 3. The fourth-order valence-electron chi connectivity index (χ4n) is 1.98. The zero-order valence-corrected chi connectivity index (χ0v) is 12.9. The number of carbonyl (C=O) groups is 1. The highest BCUT2D eigenvalue weighted by atomic mass is 31.2. The van der Waals surface area contributed by atoms with E-state index in [1.54, 1.807) is 0 Å². The molecule has 0 bridgehead atoms. The van der Waals surface area contributed by atoms with E-state index in [1.807, 2.05) is 0 Å². The Morgan fingerprint density at radius 3 is 1.79 bits per heavy atom. The second kappa shape index (κ2) is 8.72. The molecule has 0 aliphatic rings. The molecule has 0 fully saturated rings. The van der Waals surface area contributed by atoms with Crippen LogP contribution in [-0.2, 0) is 9.36 Å². The monoisotopic (exact) mass is 294 g/mol. The zero-order valence-electron chi connectivity index (χ0n) is 12.0. The van der Waals surface area contributed by atoms with Gasteiger partial charge in [0.15, 0.2) is 5.16 Å². The molecule has 114 valence electrons. The first-order valence-corrected chi connectivity index (χ1v) is 8.66. The summed E-state index contributed by atoms with van der Waals surface area (Å²) in [5, 5.41) is 7.04. The minimum absolute atomic E-state index is 0.0293. The Kier molecular flexibility index (Phi) is 8.55. The van der Waals surface area contributed by atoms with E-state index in [0.717, 1.165) is 26.2 Å². The summed E-state index contributed by atoms with van der Waals surface area (Å²) in [6.45, 7) is 3.30. The van der Waals surface area contributed by atoms with Gasteiger partial charge < -0.3 is 14.9 Å². The predicted octanol–water partition coefficient (Wildman–Crippen LogP) is 3.54. The van der Waals surface area contributed by atoms with Crippen molar-refractivity contribution in [3.8, 4) is 0 Å². The van der Waals surface area contributed by atoms with Gasteiger partial charge in [0.05, 0.1) is 0 Å². The van der Waals surface area contributed by atoms with Crippen molar-refractivity contribution in [3.05, 3.63) is 0 Å². The predicted molar refractivity (Wildman–Crippen MR) is 75.3 cm³/mol. The Morgan fingerprint density at radius 1 is 1.00 bits per heavy atom. The summed E-state index contributed by atoms with van der Waals surface area (Å²) in [5.74, 6) is -1.41. The molecule has 0 radical (unpaired) electrons. The number of carboxylic acid groups (broad SMARTS) is 1. The average Bonchev–Trinajstić information content (AvgIpc) is 2.30. The van der Waals surface area contributed by atoms with Crippen LogP contribution in [0.1, 0.15) is 71.6 Å². The average molecular weight is 294 g/mol. The Balaban J connectivity index is 3.91. The molecular formula is C13H27O5P. The number of unbranched alkanes of at least 4 members (excludes halogenated alkanes) is 7. The molecule has 6 heteroatoms. The molecule has 0 spiro atoms. The Hall–Kier alpha value is -0.380. The van der Waals surface area contributed by atoms with Crippen molar-refractivity contribution < 1.29 is 24.3 Å². The summed E-state index contributed by atoms with van der Waals surface area (Å²) in [7, 11) is -4.61. The van der Waals surface area contributed by atoms with E-state index >= 15 is 0 Å². The molecule has 5 nitrogen and oxygen atoms in total. The summed E-state index contributed by atoms with van der Waals surface area (Å²) in [5.41, 5.74) is 0. The van der Waals surface area contributed by atoms with Crippen LogP contribution < -0.4 is 0 Å². The molecule has 19 heavy (non-hydrogen) atoms. The largest absolute Gasteiger partial charge is 0.480 e. The Morgan fingerprint density at radius 2 is 1.42 bits per heavy atom. The molecule has 1 unspecified atom stereocenters. The third kappa shape index (κ3) is 6.55. The fraction of sp³-hybridized carbons (Fsp3) is 0.923. The van der Waals surface area contributed by atoms with E-state index in [-0.39, 0.29) is 6.42 Å². The van der Waals surface area contributed by atoms with Crippen molar-refractivity contribution in [1.82, 2.24) is 0 Å². The molecule has 0 aliphatic carbocycles. The van der Waals surface area contributed by atoms with Gasteiger partial charge in [-0.15, -0.1) is 0 Å². The molecule has 0 heterocycles. The van der Waals surface area contributed by atoms with Crippen LogP contribution in [-0.4, -0.2) is 26.0 Å². The normalized spacial score (nSPS) is 15.2. The van der Waals surface area contributed by atoms with Crippen LogP contribution in [0.3, 0.4) is 0 Å². The van der Waals surface area contributed by atoms with Gasteiger partial charge in [-0.3, -0.25) is 9.36 Å². The van der Waals surface area contributed by atoms with Crippen LogP contribution in [0.5, 0.6) is 0 Å². The van der Waals surface area contributed by atoms with Crippen molar-refractivity contribution in [1.29, 1.82) is 0 Å². The van der Waals surface area contributed by atoms with E-state index in [9.17, 15) is 9.36 Å². The SMILES string of the molecule is CCCCCCCCCCC(C)(C(=O)O)P(=O)(O)O. The summed E-state index contributed by atoms with van der Waals surface area (Å²) in [6.07, 6.45) is 8.38. The quantitative estimate of drug-likeness (QED) is 0.400. The topological polar surface area (TPSA) is 94.8 Å². The lowest BCUT2D eigenvalue weighted by Crippen LogP contribution is -2.34. The lowest BCUT2D eigenvalue weighted by molar-refractivity contribution is -0.140. The van der Waals surface area contributed by atoms with E-state index in [2.05, 4.69) is 6.92 Å². The lowest BCUT2D eigenvalue weighted by atomic mass is 10.0. The minimum atomic E-state index is -4.61. The van der Waals surface area contributed by atoms with E-state index in [1.165, 1.54) is 25.7 Å². The first-order valence-electron chi connectivity index (χ1n) is 7.04. The van der Waals surface area contributed by atoms with Gasteiger partial charge in [0.2, 0.25) is 0 Å². The highest BCUT2D eigenvalue weighted by Crippen LogP contribution is 2.53. The molecule has 0 saturated heterocycles. The van der Waals surface area contributed by atoms with Crippen LogP contribution in [0, 0.1) is 0 Å². The molecule has 0 saturated carbocycles. The Bertz CT molecular complexity index is 312. The zero-order chi connectivity index (χ0) is 14.9. The van der Waals surface area contributed by atoms with Crippen LogP contribution in [0.2, 0.25) is 0 Å². The maximum absolute atomic E-state index is 11.2. The first-order chi connectivity index (χ1) is 8.75. The second-order valence-corrected chi connectivity index (χ2v) is 7.42. The van der Waals surface area contributed by atoms with Gasteiger partial charge in [-0.25, -0.2) is 0 Å². The summed E-state index contributed by atoms with van der Waals surface area (Å²) in [4.78, 5) is 29.3. The van der Waals surface area contributed by atoms with Crippen LogP contribution in [0.25, 0.3) is 0 Å². The maximum atomic E-state index is 11.2. The van der Waals surface area contributed by atoms with Gasteiger partial charge in [0.25, 0.3) is 0 Å². The molecule has 3 N–H and O–H groups in total. The number of aliphatic carboxylic acids is 1. The fourth-order valence-corrected chi connectivity index (χ4v) is 2.68. The summed E-state index contributed by atoms with van der Waals surface area (Å²) < 4.78 is 11.2. The molecule has 0 amide bonds. The van der Waals surface area contributed by atoms with E-state index < -0.39 is 18.7 Å². The molecule has 0 aliphatic heterocycles. The highest BCUT2D eigenvalue weighted by molar-refractivity contribution is 7.54. The summed E-state index contributed by atoms with van der Waals surface area (Å²) in [6, 6.07) is 0. The number of carboxylic acids is 1. The van der Waals surface area contributed by atoms with E-state index in [4.69, 9.17) is 14.9 Å². The minimum Gasteiger partial charge on any atom is -0.480 e. The van der Waals surface area contributed by atoms with E-state index in [0.29, 0.717) is 6.42 Å². The van der Waals surface area contributed by atoms with Gasteiger partial charge >= 0.3 is 13.6 Å². The number of hydrogen-bond acceptors (Lipinski definition) is 2. The van der Waals surface area contributed by atoms with Crippen LogP contribution in [0.15, 0.2) is 0 Å². The molecule has 0 aromatic heterocycles. The molecular weight excluding hydrogens is 267 g/mol. The van der Waals surface area contributed by atoms with Crippen LogP contribution >= 0.6 is 7.60 Å².